The summed E-state index contributed by atoms with van der Waals surface area (Å²) in [5.74, 6) is -0.0234. The molecule has 0 amide bonds. The van der Waals surface area contributed by atoms with Crippen LogP contribution in [0.5, 0.6) is 0 Å². The topological polar surface area (TPSA) is 81.4 Å². The Labute approximate surface area is 102 Å². The van der Waals surface area contributed by atoms with E-state index in [1.807, 2.05) is 24.3 Å². The molecule has 0 heterocycles. The lowest BCUT2D eigenvalue weighted by Crippen LogP contribution is -2.27. The number of sulfonamides is 1. The van der Waals surface area contributed by atoms with Gasteiger partial charge in [0.25, 0.3) is 0 Å². The summed E-state index contributed by atoms with van der Waals surface area (Å²) in [7, 11) is -1.78. The Kier molecular flexibility index (Phi) is 5.57. The molecule has 3 N–H and O–H groups in total. The van der Waals surface area contributed by atoms with Crippen molar-refractivity contribution in [1.29, 1.82) is 0 Å². The fourth-order valence-corrected chi connectivity index (χ4v) is 2.17. The molecule has 0 fully saturated rings. The molecule has 0 atom stereocenters. The lowest BCUT2D eigenvalue weighted by molar-refractivity contribution is 0.217. The molecule has 1 aromatic carbocycles. The lowest BCUT2D eigenvalue weighted by atomic mass is 10.1. The number of hydrogen-bond acceptors (Lipinski definition) is 4. The molecule has 6 heteroatoms. The van der Waals surface area contributed by atoms with Crippen LogP contribution >= 0.6 is 0 Å². The number of benzene rings is 1. The van der Waals surface area contributed by atoms with Crippen LogP contribution in [0.15, 0.2) is 24.3 Å². The smallest absolute Gasteiger partial charge is 0.214 e. The van der Waals surface area contributed by atoms with E-state index >= 15 is 0 Å². The van der Waals surface area contributed by atoms with Crippen LogP contribution in [-0.4, -0.2) is 27.9 Å². The zero-order chi connectivity index (χ0) is 12.7. The van der Waals surface area contributed by atoms with E-state index in [9.17, 15) is 8.42 Å². The molecule has 0 spiro atoms. The van der Waals surface area contributed by atoms with Crippen molar-refractivity contribution in [3.05, 3.63) is 35.4 Å². The predicted molar refractivity (Wildman–Crippen MR) is 66.8 cm³/mol. The average Bonchev–Trinajstić information content (AvgIpc) is 2.35. The van der Waals surface area contributed by atoms with Gasteiger partial charge in [-0.1, -0.05) is 24.3 Å². The van der Waals surface area contributed by atoms with Crippen LogP contribution in [0.25, 0.3) is 0 Å². The number of nitrogens with one attached hydrogen (secondary N) is 1. The number of hydrogen-bond donors (Lipinski definition) is 2. The quantitative estimate of drug-likeness (QED) is 0.732. The maximum atomic E-state index is 11.5. The van der Waals surface area contributed by atoms with Gasteiger partial charge < -0.3 is 10.5 Å². The normalized spacial score (nSPS) is 11.6. The van der Waals surface area contributed by atoms with Gasteiger partial charge in [0.1, 0.15) is 0 Å². The van der Waals surface area contributed by atoms with E-state index in [2.05, 4.69) is 4.72 Å². The first-order valence-corrected chi connectivity index (χ1v) is 6.97. The highest BCUT2D eigenvalue weighted by atomic mass is 32.2. The third kappa shape index (κ3) is 5.27. The molecule has 0 saturated heterocycles. The third-order valence-electron chi connectivity index (χ3n) is 2.31. The van der Waals surface area contributed by atoms with Gasteiger partial charge in [-0.25, -0.2) is 13.1 Å². The summed E-state index contributed by atoms with van der Waals surface area (Å²) >= 11 is 0. The standard InChI is InChI=1S/C11H18N2O3S/c1-16-6-7-17(14,15)13-9-11-4-2-10(8-12)3-5-11/h2-5,13H,6-9,12H2,1H3. The van der Waals surface area contributed by atoms with Crippen LogP contribution in [0.4, 0.5) is 0 Å². The Balaban J connectivity index is 2.49. The van der Waals surface area contributed by atoms with Gasteiger partial charge in [-0.05, 0) is 11.1 Å². The molecule has 1 rings (SSSR count). The van der Waals surface area contributed by atoms with Crippen molar-refractivity contribution in [2.75, 3.05) is 19.5 Å². The fraction of sp³-hybridized carbons (Fsp3) is 0.455. The van der Waals surface area contributed by atoms with Crippen molar-refractivity contribution in [3.63, 3.8) is 0 Å². The molecule has 17 heavy (non-hydrogen) atoms. The summed E-state index contributed by atoms with van der Waals surface area (Å²) in [6.07, 6.45) is 0. The largest absolute Gasteiger partial charge is 0.384 e. The Morgan fingerprint density at radius 3 is 2.35 bits per heavy atom. The van der Waals surface area contributed by atoms with Crippen molar-refractivity contribution >= 4 is 10.0 Å². The van der Waals surface area contributed by atoms with E-state index in [-0.39, 0.29) is 18.9 Å². The first-order chi connectivity index (χ1) is 8.07. The second-order valence-corrected chi connectivity index (χ2v) is 5.58. The molecular formula is C11H18N2O3S. The highest BCUT2D eigenvalue weighted by Gasteiger charge is 2.08. The molecule has 1 aromatic rings. The average molecular weight is 258 g/mol. The number of nitrogens with two attached hydrogens (primary N) is 1. The lowest BCUT2D eigenvalue weighted by Gasteiger charge is -2.06. The monoisotopic (exact) mass is 258 g/mol. The molecule has 0 bridgehead atoms. The summed E-state index contributed by atoms with van der Waals surface area (Å²) in [4.78, 5) is 0. The number of ether oxygens (including phenoxy) is 1. The van der Waals surface area contributed by atoms with Crippen LogP contribution in [0.1, 0.15) is 11.1 Å². The third-order valence-corrected chi connectivity index (χ3v) is 3.60. The van der Waals surface area contributed by atoms with Crippen molar-refractivity contribution < 1.29 is 13.2 Å². The van der Waals surface area contributed by atoms with E-state index in [1.165, 1.54) is 7.11 Å². The summed E-state index contributed by atoms with van der Waals surface area (Å²) in [6, 6.07) is 7.50. The Hall–Kier alpha value is -0.950. The summed E-state index contributed by atoms with van der Waals surface area (Å²) in [6.45, 7) is 0.970. The minimum Gasteiger partial charge on any atom is -0.384 e. The molecule has 0 aliphatic rings. The number of methoxy groups -OCH3 is 1. The molecule has 0 aromatic heterocycles. The Morgan fingerprint density at radius 1 is 1.24 bits per heavy atom. The molecular weight excluding hydrogens is 240 g/mol. The maximum absolute atomic E-state index is 11.5. The molecule has 0 unspecified atom stereocenters. The van der Waals surface area contributed by atoms with Gasteiger partial charge >= 0.3 is 0 Å². The molecule has 0 radical (unpaired) electrons. The first-order valence-electron chi connectivity index (χ1n) is 5.31. The van der Waals surface area contributed by atoms with Crippen LogP contribution in [0.3, 0.4) is 0 Å². The highest BCUT2D eigenvalue weighted by molar-refractivity contribution is 7.89. The number of rotatable bonds is 7. The van der Waals surface area contributed by atoms with E-state index in [0.29, 0.717) is 6.54 Å². The van der Waals surface area contributed by atoms with Gasteiger partial charge in [0.15, 0.2) is 0 Å². The van der Waals surface area contributed by atoms with E-state index in [1.54, 1.807) is 0 Å². The molecule has 0 aliphatic carbocycles. The second kappa shape index (κ2) is 6.70. The minimum atomic E-state index is -3.26. The highest BCUT2D eigenvalue weighted by Crippen LogP contribution is 2.03. The van der Waals surface area contributed by atoms with Crippen molar-refractivity contribution in [2.45, 2.75) is 13.1 Å². The van der Waals surface area contributed by atoms with Gasteiger partial charge in [-0.15, -0.1) is 0 Å². The van der Waals surface area contributed by atoms with Crippen LogP contribution in [0.2, 0.25) is 0 Å². The van der Waals surface area contributed by atoms with Gasteiger partial charge in [-0.2, -0.15) is 0 Å². The maximum Gasteiger partial charge on any atom is 0.214 e. The summed E-state index contributed by atoms with van der Waals surface area (Å²) in [5, 5.41) is 0. The molecule has 5 nitrogen and oxygen atoms in total. The van der Waals surface area contributed by atoms with E-state index in [0.717, 1.165) is 11.1 Å². The van der Waals surface area contributed by atoms with Crippen LogP contribution in [-0.2, 0) is 27.8 Å². The van der Waals surface area contributed by atoms with E-state index < -0.39 is 10.0 Å². The Bertz CT molecular complexity index is 429. The summed E-state index contributed by atoms with van der Waals surface area (Å²) < 4.78 is 30.2. The van der Waals surface area contributed by atoms with Gasteiger partial charge in [0, 0.05) is 20.2 Å². The van der Waals surface area contributed by atoms with Crippen LogP contribution in [0, 0.1) is 0 Å². The van der Waals surface area contributed by atoms with E-state index in [4.69, 9.17) is 10.5 Å². The van der Waals surface area contributed by atoms with Gasteiger partial charge in [-0.3, -0.25) is 0 Å². The first kappa shape index (κ1) is 14.1. The zero-order valence-electron chi connectivity index (χ0n) is 9.85. The second-order valence-electron chi connectivity index (χ2n) is 3.65. The molecule has 96 valence electrons. The minimum absolute atomic E-state index is 0.0234. The molecule has 0 saturated carbocycles. The zero-order valence-corrected chi connectivity index (χ0v) is 10.7. The predicted octanol–water partition coefficient (Wildman–Crippen LogP) is 0.211. The van der Waals surface area contributed by atoms with Gasteiger partial charge in [0.2, 0.25) is 10.0 Å². The van der Waals surface area contributed by atoms with Gasteiger partial charge in [0.05, 0.1) is 12.4 Å². The Morgan fingerprint density at radius 2 is 1.82 bits per heavy atom. The molecule has 0 aliphatic heterocycles. The fourth-order valence-electron chi connectivity index (χ4n) is 1.25. The summed E-state index contributed by atoms with van der Waals surface area (Å²) in [5.41, 5.74) is 7.40. The van der Waals surface area contributed by atoms with Crippen molar-refractivity contribution in [3.8, 4) is 0 Å². The SMILES string of the molecule is COCCS(=O)(=O)NCc1ccc(CN)cc1. The van der Waals surface area contributed by atoms with Crippen molar-refractivity contribution in [1.82, 2.24) is 4.72 Å². The van der Waals surface area contributed by atoms with Crippen molar-refractivity contribution in [2.24, 2.45) is 5.73 Å². The van der Waals surface area contributed by atoms with Crippen LogP contribution < -0.4 is 10.5 Å².